The number of fused-ring (bicyclic) bond motifs is 1. The number of urea groups is 1. The zero-order chi connectivity index (χ0) is 14.0. The second-order valence-electron chi connectivity index (χ2n) is 3.98. The van der Waals surface area contributed by atoms with Crippen molar-refractivity contribution in [1.29, 1.82) is 0 Å². The van der Waals surface area contributed by atoms with Gasteiger partial charge in [0.05, 0.1) is 18.8 Å². The molecule has 1 aromatic rings. The summed E-state index contributed by atoms with van der Waals surface area (Å²) in [5.41, 5.74) is 0.230. The van der Waals surface area contributed by atoms with Crippen LogP contribution in [0.1, 0.15) is 12.5 Å². The normalized spacial score (nSPS) is 13.8. The van der Waals surface area contributed by atoms with Gasteiger partial charge >= 0.3 is 12.0 Å². The molecule has 0 radical (unpaired) electrons. The minimum Gasteiger partial charge on any atom is -0.465 e. The molecule has 0 bridgehead atoms. The van der Waals surface area contributed by atoms with Crippen molar-refractivity contribution in [1.82, 2.24) is 4.90 Å². The van der Waals surface area contributed by atoms with Crippen LogP contribution in [-0.2, 0) is 16.1 Å². The van der Waals surface area contributed by atoms with Gasteiger partial charge in [-0.1, -0.05) is 0 Å². The molecule has 0 aliphatic carbocycles. The largest absolute Gasteiger partial charge is 0.465 e. The molecule has 7 heteroatoms. The van der Waals surface area contributed by atoms with Gasteiger partial charge in [-0.05, 0) is 19.1 Å². The van der Waals surface area contributed by atoms with E-state index < -0.39 is 23.6 Å². The predicted octanol–water partition coefficient (Wildman–Crippen LogP) is 1.88. The Morgan fingerprint density at radius 1 is 1.47 bits per heavy atom. The van der Waals surface area contributed by atoms with Gasteiger partial charge in [0.25, 0.3) is 0 Å². The molecule has 1 heterocycles. The van der Waals surface area contributed by atoms with Crippen molar-refractivity contribution in [3.63, 3.8) is 0 Å². The average molecular weight is 270 g/mol. The molecule has 1 N–H and O–H groups in total. The second-order valence-corrected chi connectivity index (χ2v) is 3.98. The lowest BCUT2D eigenvalue weighted by atomic mass is 10.1. The lowest BCUT2D eigenvalue weighted by molar-refractivity contribution is -0.143. The Labute approximate surface area is 108 Å². The Morgan fingerprint density at radius 2 is 2.21 bits per heavy atom. The Balaban J connectivity index is 2.20. The molecule has 0 aromatic heterocycles. The van der Waals surface area contributed by atoms with Crippen LogP contribution in [0, 0.1) is 11.6 Å². The van der Waals surface area contributed by atoms with E-state index in [4.69, 9.17) is 4.74 Å². The van der Waals surface area contributed by atoms with Crippen LogP contribution < -0.4 is 5.32 Å². The van der Waals surface area contributed by atoms with Gasteiger partial charge in [0.1, 0.15) is 6.54 Å². The molecule has 0 atom stereocenters. The number of halogens is 2. The topological polar surface area (TPSA) is 58.6 Å². The summed E-state index contributed by atoms with van der Waals surface area (Å²) in [7, 11) is 0. The van der Waals surface area contributed by atoms with E-state index in [1.807, 2.05) is 0 Å². The lowest BCUT2D eigenvalue weighted by Crippen LogP contribution is -2.42. The molecule has 0 fully saturated rings. The fraction of sp³-hybridized carbons (Fsp3) is 0.333. The van der Waals surface area contributed by atoms with Crippen molar-refractivity contribution in [2.75, 3.05) is 18.5 Å². The minimum absolute atomic E-state index is 0.0175. The molecule has 2 amide bonds. The van der Waals surface area contributed by atoms with Gasteiger partial charge in [0.2, 0.25) is 0 Å². The first-order valence-corrected chi connectivity index (χ1v) is 5.71. The molecule has 1 aliphatic rings. The van der Waals surface area contributed by atoms with E-state index in [9.17, 15) is 18.4 Å². The van der Waals surface area contributed by atoms with Crippen molar-refractivity contribution in [2.24, 2.45) is 0 Å². The number of hydrogen-bond donors (Lipinski definition) is 1. The van der Waals surface area contributed by atoms with Crippen molar-refractivity contribution in [2.45, 2.75) is 13.5 Å². The van der Waals surface area contributed by atoms with E-state index in [1.165, 1.54) is 6.07 Å². The van der Waals surface area contributed by atoms with E-state index in [1.54, 1.807) is 6.92 Å². The fourth-order valence-corrected chi connectivity index (χ4v) is 1.81. The first kappa shape index (κ1) is 13.3. The Morgan fingerprint density at radius 3 is 2.89 bits per heavy atom. The van der Waals surface area contributed by atoms with Gasteiger partial charge in [0.15, 0.2) is 11.6 Å². The van der Waals surface area contributed by atoms with Crippen LogP contribution in [0.25, 0.3) is 0 Å². The summed E-state index contributed by atoms with van der Waals surface area (Å²) in [6, 6.07) is 1.68. The van der Waals surface area contributed by atoms with Crippen LogP contribution in [0.4, 0.5) is 19.3 Å². The Kier molecular flexibility index (Phi) is 3.64. The summed E-state index contributed by atoms with van der Waals surface area (Å²) >= 11 is 0. The van der Waals surface area contributed by atoms with Gasteiger partial charge in [0, 0.05) is 5.56 Å². The summed E-state index contributed by atoms with van der Waals surface area (Å²) in [6.45, 7) is 1.34. The number of carbonyl (C=O) groups is 2. The summed E-state index contributed by atoms with van der Waals surface area (Å²) in [4.78, 5) is 24.1. The lowest BCUT2D eigenvalue weighted by Gasteiger charge is -2.28. The molecule has 19 heavy (non-hydrogen) atoms. The third-order valence-corrected chi connectivity index (χ3v) is 2.70. The zero-order valence-corrected chi connectivity index (χ0v) is 10.2. The van der Waals surface area contributed by atoms with Gasteiger partial charge in [-0.3, -0.25) is 4.79 Å². The molecule has 0 spiro atoms. The quantitative estimate of drug-likeness (QED) is 0.853. The number of carbonyl (C=O) groups excluding carboxylic acids is 2. The van der Waals surface area contributed by atoms with Gasteiger partial charge < -0.3 is 15.0 Å². The smallest absolute Gasteiger partial charge is 0.325 e. The number of ether oxygens (including phenoxy) is 1. The van der Waals surface area contributed by atoms with Gasteiger partial charge in [-0.25, -0.2) is 13.6 Å². The molecule has 5 nitrogen and oxygen atoms in total. The standard InChI is InChI=1S/C12H12F2N2O3/c1-2-19-10(17)6-16-5-7-9(15-12(16)18)4-3-8(13)11(7)14/h3-4H,2,5-6H2,1H3,(H,15,18). The van der Waals surface area contributed by atoms with E-state index in [0.717, 1.165) is 11.0 Å². The average Bonchev–Trinajstić information content (AvgIpc) is 2.36. The number of rotatable bonds is 3. The SMILES string of the molecule is CCOC(=O)CN1Cc2c(ccc(F)c2F)NC1=O. The molecule has 1 aromatic carbocycles. The highest BCUT2D eigenvalue weighted by Gasteiger charge is 2.28. The maximum absolute atomic E-state index is 13.6. The number of nitrogens with zero attached hydrogens (tertiary/aromatic N) is 1. The van der Waals surface area contributed by atoms with Crippen molar-refractivity contribution >= 4 is 17.7 Å². The third-order valence-electron chi connectivity index (χ3n) is 2.70. The van der Waals surface area contributed by atoms with E-state index in [-0.39, 0.29) is 30.9 Å². The number of nitrogens with one attached hydrogen (secondary N) is 1. The number of anilines is 1. The van der Waals surface area contributed by atoms with Crippen LogP contribution in [-0.4, -0.2) is 30.1 Å². The monoisotopic (exact) mass is 270 g/mol. The summed E-state index contributed by atoms with van der Waals surface area (Å²) in [5, 5.41) is 2.40. The number of amides is 2. The van der Waals surface area contributed by atoms with Crippen LogP contribution >= 0.6 is 0 Å². The van der Waals surface area contributed by atoms with E-state index in [0.29, 0.717) is 0 Å². The third kappa shape index (κ3) is 2.64. The molecule has 102 valence electrons. The highest BCUT2D eigenvalue weighted by atomic mass is 19.2. The molecule has 0 unspecified atom stereocenters. The summed E-state index contributed by atoms with van der Waals surface area (Å²) in [6.07, 6.45) is 0. The van der Waals surface area contributed by atoms with Crippen molar-refractivity contribution in [3.05, 3.63) is 29.3 Å². The maximum Gasteiger partial charge on any atom is 0.325 e. The van der Waals surface area contributed by atoms with E-state index in [2.05, 4.69) is 5.32 Å². The minimum atomic E-state index is -1.02. The molecule has 2 rings (SSSR count). The Bertz CT molecular complexity index is 534. The first-order chi connectivity index (χ1) is 9.02. The van der Waals surface area contributed by atoms with Crippen LogP contribution in [0.15, 0.2) is 12.1 Å². The maximum atomic E-state index is 13.6. The van der Waals surface area contributed by atoms with Crippen LogP contribution in [0.3, 0.4) is 0 Å². The molecule has 1 aliphatic heterocycles. The molecular formula is C12H12F2N2O3. The molecular weight excluding hydrogens is 258 g/mol. The van der Waals surface area contributed by atoms with Crippen molar-refractivity contribution in [3.8, 4) is 0 Å². The zero-order valence-electron chi connectivity index (χ0n) is 10.2. The highest BCUT2D eigenvalue weighted by Crippen LogP contribution is 2.27. The summed E-state index contributed by atoms with van der Waals surface area (Å²) in [5.74, 6) is -2.62. The molecule has 0 saturated heterocycles. The van der Waals surface area contributed by atoms with E-state index >= 15 is 0 Å². The van der Waals surface area contributed by atoms with Crippen LogP contribution in [0.5, 0.6) is 0 Å². The predicted molar refractivity (Wildman–Crippen MR) is 62.4 cm³/mol. The number of hydrogen-bond acceptors (Lipinski definition) is 3. The first-order valence-electron chi connectivity index (χ1n) is 5.71. The Hall–Kier alpha value is -2.18. The number of benzene rings is 1. The van der Waals surface area contributed by atoms with Crippen molar-refractivity contribution < 1.29 is 23.1 Å². The highest BCUT2D eigenvalue weighted by molar-refractivity contribution is 5.94. The van der Waals surface area contributed by atoms with Gasteiger partial charge in [-0.15, -0.1) is 0 Å². The molecule has 0 saturated carbocycles. The van der Waals surface area contributed by atoms with Crippen LogP contribution in [0.2, 0.25) is 0 Å². The fourth-order valence-electron chi connectivity index (χ4n) is 1.81. The summed E-state index contributed by atoms with van der Waals surface area (Å²) < 4.78 is 31.4. The number of esters is 1. The van der Waals surface area contributed by atoms with Gasteiger partial charge in [-0.2, -0.15) is 0 Å². The second kappa shape index (κ2) is 5.21.